The summed E-state index contributed by atoms with van der Waals surface area (Å²) in [5, 5.41) is 6.95. The molecule has 4 nitrogen and oxygen atoms in total. The molecular weight excluding hydrogens is 262 g/mol. The minimum Gasteiger partial charge on any atom is -0.487 e. The number of hydrogen-bond donors (Lipinski definition) is 2. The normalized spacial score (nSPS) is 17.8. The summed E-state index contributed by atoms with van der Waals surface area (Å²) in [6.45, 7) is 3.50. The van der Waals surface area contributed by atoms with E-state index in [1.807, 2.05) is 30.3 Å². The number of nitrogens with one attached hydrogen (secondary N) is 2. The van der Waals surface area contributed by atoms with Gasteiger partial charge in [-0.3, -0.25) is 4.98 Å². The fraction of sp³-hybridized carbons (Fsp3) is 0.353. The molecule has 21 heavy (non-hydrogen) atoms. The predicted octanol–water partition coefficient (Wildman–Crippen LogP) is 2.11. The van der Waals surface area contributed by atoms with Gasteiger partial charge in [-0.25, -0.2) is 0 Å². The fourth-order valence-corrected chi connectivity index (χ4v) is 2.51. The lowest BCUT2D eigenvalue weighted by Gasteiger charge is -2.14. The minimum absolute atomic E-state index is 0.503. The molecule has 110 valence electrons. The summed E-state index contributed by atoms with van der Waals surface area (Å²) in [5.41, 5.74) is 2.14. The van der Waals surface area contributed by atoms with Crippen molar-refractivity contribution < 1.29 is 4.74 Å². The van der Waals surface area contributed by atoms with Crippen molar-refractivity contribution in [2.45, 2.75) is 25.6 Å². The molecule has 1 aliphatic rings. The van der Waals surface area contributed by atoms with Gasteiger partial charge in [0.1, 0.15) is 12.4 Å². The number of nitrogens with zero attached hydrogens (tertiary/aromatic N) is 1. The second-order valence-electron chi connectivity index (χ2n) is 5.29. The summed E-state index contributed by atoms with van der Waals surface area (Å²) in [5.74, 6) is 0.932. The van der Waals surface area contributed by atoms with Crippen molar-refractivity contribution in [3.05, 3.63) is 59.9 Å². The molecular formula is C17H21N3O. The molecule has 0 spiro atoms. The monoisotopic (exact) mass is 283 g/mol. The number of hydrogen-bond acceptors (Lipinski definition) is 4. The van der Waals surface area contributed by atoms with Crippen molar-refractivity contribution >= 4 is 0 Å². The molecule has 1 aromatic carbocycles. The molecule has 1 aromatic heterocycles. The Balaban J connectivity index is 1.59. The molecule has 3 rings (SSSR count). The molecule has 2 aromatic rings. The van der Waals surface area contributed by atoms with Gasteiger partial charge in [-0.05, 0) is 31.2 Å². The lowest BCUT2D eigenvalue weighted by Crippen LogP contribution is -2.30. The zero-order chi connectivity index (χ0) is 14.3. The Labute approximate surface area is 125 Å². The first-order chi connectivity index (χ1) is 10.4. The maximum atomic E-state index is 5.92. The van der Waals surface area contributed by atoms with Gasteiger partial charge in [0.2, 0.25) is 0 Å². The van der Waals surface area contributed by atoms with E-state index in [2.05, 4.69) is 27.8 Å². The quantitative estimate of drug-likeness (QED) is 0.852. The Hall–Kier alpha value is -1.91. The highest BCUT2D eigenvalue weighted by atomic mass is 16.5. The van der Waals surface area contributed by atoms with Gasteiger partial charge in [0.05, 0.1) is 5.69 Å². The molecule has 4 heteroatoms. The van der Waals surface area contributed by atoms with Gasteiger partial charge in [-0.1, -0.05) is 24.3 Å². The second-order valence-corrected chi connectivity index (χ2v) is 5.29. The van der Waals surface area contributed by atoms with Crippen LogP contribution < -0.4 is 15.4 Å². The van der Waals surface area contributed by atoms with E-state index in [1.54, 1.807) is 6.20 Å². The van der Waals surface area contributed by atoms with Crippen LogP contribution >= 0.6 is 0 Å². The summed E-state index contributed by atoms with van der Waals surface area (Å²) in [7, 11) is 0. The molecule has 0 aliphatic carbocycles. The van der Waals surface area contributed by atoms with Gasteiger partial charge in [-0.15, -0.1) is 0 Å². The van der Waals surface area contributed by atoms with Crippen LogP contribution in [-0.4, -0.2) is 24.1 Å². The van der Waals surface area contributed by atoms with Crippen molar-refractivity contribution in [2.24, 2.45) is 0 Å². The number of ether oxygens (including phenoxy) is 1. The Bertz CT molecular complexity index is 553. The van der Waals surface area contributed by atoms with Gasteiger partial charge in [0, 0.05) is 30.9 Å². The van der Waals surface area contributed by atoms with E-state index < -0.39 is 0 Å². The molecule has 0 radical (unpaired) electrons. The van der Waals surface area contributed by atoms with Crippen LogP contribution in [0.2, 0.25) is 0 Å². The van der Waals surface area contributed by atoms with E-state index in [1.165, 1.54) is 12.0 Å². The maximum absolute atomic E-state index is 5.92. The highest BCUT2D eigenvalue weighted by molar-refractivity contribution is 5.33. The Kier molecular flexibility index (Phi) is 4.82. The third kappa shape index (κ3) is 4.03. The molecule has 1 aliphatic heterocycles. The van der Waals surface area contributed by atoms with Crippen molar-refractivity contribution in [1.29, 1.82) is 0 Å². The third-order valence-electron chi connectivity index (χ3n) is 3.72. The summed E-state index contributed by atoms with van der Waals surface area (Å²) < 4.78 is 5.92. The molecule has 2 N–H and O–H groups in total. The molecule has 0 bridgehead atoms. The summed E-state index contributed by atoms with van der Waals surface area (Å²) in [6, 6.07) is 14.6. The average Bonchev–Trinajstić information content (AvgIpc) is 3.06. The van der Waals surface area contributed by atoms with Crippen LogP contribution in [0.3, 0.4) is 0 Å². The third-order valence-corrected chi connectivity index (χ3v) is 3.72. The number of pyridine rings is 1. The second kappa shape index (κ2) is 7.20. The molecule has 1 saturated heterocycles. The van der Waals surface area contributed by atoms with Crippen LogP contribution in [-0.2, 0) is 13.2 Å². The van der Waals surface area contributed by atoms with E-state index in [9.17, 15) is 0 Å². The number of para-hydroxylation sites is 1. The molecule has 0 unspecified atom stereocenters. The number of rotatable bonds is 6. The first kappa shape index (κ1) is 14.0. The Morgan fingerprint density at radius 2 is 2.10 bits per heavy atom. The predicted molar refractivity (Wildman–Crippen MR) is 83.1 cm³/mol. The van der Waals surface area contributed by atoms with E-state index in [-0.39, 0.29) is 0 Å². The highest BCUT2D eigenvalue weighted by Crippen LogP contribution is 2.19. The zero-order valence-corrected chi connectivity index (χ0v) is 12.1. The van der Waals surface area contributed by atoms with E-state index in [0.717, 1.165) is 31.1 Å². The summed E-state index contributed by atoms with van der Waals surface area (Å²) in [4.78, 5) is 4.28. The van der Waals surface area contributed by atoms with E-state index in [4.69, 9.17) is 4.74 Å². The lowest BCUT2D eigenvalue weighted by molar-refractivity contribution is 0.297. The van der Waals surface area contributed by atoms with Crippen LogP contribution in [0.1, 0.15) is 17.7 Å². The SMILES string of the molecule is c1ccc(COc2ccccc2CN[C@H]2CCNC2)nc1. The van der Waals surface area contributed by atoms with Crippen LogP contribution in [0.15, 0.2) is 48.7 Å². The summed E-state index contributed by atoms with van der Waals surface area (Å²) in [6.07, 6.45) is 2.98. The first-order valence-electron chi connectivity index (χ1n) is 7.46. The Morgan fingerprint density at radius 1 is 1.19 bits per heavy atom. The van der Waals surface area contributed by atoms with Crippen molar-refractivity contribution in [3.8, 4) is 5.75 Å². The fourth-order valence-electron chi connectivity index (χ4n) is 2.51. The minimum atomic E-state index is 0.503. The zero-order valence-electron chi connectivity index (χ0n) is 12.1. The smallest absolute Gasteiger partial charge is 0.130 e. The molecule has 1 atom stereocenters. The van der Waals surface area contributed by atoms with Gasteiger partial charge in [0.15, 0.2) is 0 Å². The van der Waals surface area contributed by atoms with Crippen LogP contribution in [0, 0.1) is 0 Å². The van der Waals surface area contributed by atoms with Gasteiger partial charge in [0.25, 0.3) is 0 Å². The van der Waals surface area contributed by atoms with Crippen LogP contribution in [0.4, 0.5) is 0 Å². The number of benzene rings is 1. The first-order valence-corrected chi connectivity index (χ1v) is 7.46. The summed E-state index contributed by atoms with van der Waals surface area (Å²) >= 11 is 0. The van der Waals surface area contributed by atoms with Crippen molar-refractivity contribution in [3.63, 3.8) is 0 Å². The molecule has 0 amide bonds. The van der Waals surface area contributed by atoms with Gasteiger partial charge >= 0.3 is 0 Å². The average molecular weight is 283 g/mol. The van der Waals surface area contributed by atoms with E-state index >= 15 is 0 Å². The van der Waals surface area contributed by atoms with Crippen LogP contribution in [0.25, 0.3) is 0 Å². The lowest BCUT2D eigenvalue weighted by atomic mass is 10.1. The molecule has 0 saturated carbocycles. The van der Waals surface area contributed by atoms with Gasteiger partial charge in [-0.2, -0.15) is 0 Å². The molecule has 1 fully saturated rings. The van der Waals surface area contributed by atoms with E-state index in [0.29, 0.717) is 12.6 Å². The largest absolute Gasteiger partial charge is 0.487 e. The van der Waals surface area contributed by atoms with Crippen molar-refractivity contribution in [2.75, 3.05) is 13.1 Å². The number of aromatic nitrogens is 1. The van der Waals surface area contributed by atoms with Crippen LogP contribution in [0.5, 0.6) is 5.75 Å². The highest BCUT2D eigenvalue weighted by Gasteiger charge is 2.14. The van der Waals surface area contributed by atoms with Crippen molar-refractivity contribution in [1.82, 2.24) is 15.6 Å². The standard InChI is InChI=1S/C17H21N3O/c1-2-7-17(21-13-16-6-3-4-9-19-16)14(5-1)11-20-15-8-10-18-12-15/h1-7,9,15,18,20H,8,10-13H2/t15-/m0/s1. The topological polar surface area (TPSA) is 46.2 Å². The maximum Gasteiger partial charge on any atom is 0.130 e. The Morgan fingerprint density at radius 3 is 2.90 bits per heavy atom. The molecule has 2 heterocycles. The van der Waals surface area contributed by atoms with Gasteiger partial charge < -0.3 is 15.4 Å².